The van der Waals surface area contributed by atoms with Gasteiger partial charge in [-0.1, -0.05) is 0 Å². The van der Waals surface area contributed by atoms with Gasteiger partial charge in [0.15, 0.2) is 6.29 Å². The molecule has 0 bridgehead atoms. The van der Waals surface area contributed by atoms with E-state index in [2.05, 4.69) is 0 Å². The Balaban J connectivity index is 1.89. The summed E-state index contributed by atoms with van der Waals surface area (Å²) in [5.41, 5.74) is 4.89. The zero-order valence-corrected chi connectivity index (χ0v) is 12.1. The first kappa shape index (κ1) is 15.2. The van der Waals surface area contributed by atoms with Crippen LogP contribution in [-0.2, 0) is 19.1 Å². The Kier molecular flexibility index (Phi) is 4.62. The molecule has 0 aromatic rings. The van der Waals surface area contributed by atoms with Gasteiger partial charge in [0.1, 0.15) is 5.54 Å². The van der Waals surface area contributed by atoms with E-state index < -0.39 is 11.8 Å². The van der Waals surface area contributed by atoms with Crippen molar-refractivity contribution in [1.82, 2.24) is 9.80 Å². The summed E-state index contributed by atoms with van der Waals surface area (Å²) >= 11 is 0. The van der Waals surface area contributed by atoms with Gasteiger partial charge in [-0.25, -0.2) is 0 Å². The third-order valence-corrected chi connectivity index (χ3v) is 4.29. The Hall–Kier alpha value is -1.18. The number of primary amides is 1. The van der Waals surface area contributed by atoms with Crippen LogP contribution >= 0.6 is 0 Å². The monoisotopic (exact) mass is 285 g/mol. The SMILES string of the molecule is CN(C)C1(C(N)=O)CCN(C(=O)CC2OCCO2)CC1. The molecular weight excluding hydrogens is 262 g/mol. The van der Waals surface area contributed by atoms with Crippen LogP contribution in [0.15, 0.2) is 0 Å². The molecule has 0 aromatic heterocycles. The van der Waals surface area contributed by atoms with Gasteiger partial charge in [-0.15, -0.1) is 0 Å². The topological polar surface area (TPSA) is 85.1 Å². The van der Waals surface area contributed by atoms with E-state index in [0.717, 1.165) is 0 Å². The number of hydrogen-bond acceptors (Lipinski definition) is 5. The highest BCUT2D eigenvalue weighted by molar-refractivity contribution is 5.85. The van der Waals surface area contributed by atoms with Crippen molar-refractivity contribution >= 4 is 11.8 Å². The summed E-state index contributed by atoms with van der Waals surface area (Å²) in [4.78, 5) is 27.5. The number of rotatable bonds is 4. The summed E-state index contributed by atoms with van der Waals surface area (Å²) in [5.74, 6) is -0.314. The second-order valence-electron chi connectivity index (χ2n) is 5.55. The largest absolute Gasteiger partial charge is 0.368 e. The fourth-order valence-electron chi connectivity index (χ4n) is 2.84. The average Bonchev–Trinajstić information content (AvgIpc) is 2.91. The average molecular weight is 285 g/mol. The lowest BCUT2D eigenvalue weighted by atomic mass is 9.85. The maximum absolute atomic E-state index is 12.1. The minimum absolute atomic E-state index is 0.00808. The van der Waals surface area contributed by atoms with Crippen molar-refractivity contribution in [2.24, 2.45) is 5.73 Å². The Morgan fingerprint density at radius 1 is 1.25 bits per heavy atom. The van der Waals surface area contributed by atoms with Gasteiger partial charge in [-0.05, 0) is 26.9 Å². The summed E-state index contributed by atoms with van der Waals surface area (Å²) in [5, 5.41) is 0. The molecule has 7 nitrogen and oxygen atoms in total. The first-order valence-electron chi connectivity index (χ1n) is 6.94. The molecule has 0 spiro atoms. The minimum atomic E-state index is -0.642. The van der Waals surface area contributed by atoms with Crippen LogP contribution in [0, 0.1) is 0 Å². The number of hydrogen-bond donors (Lipinski definition) is 1. The van der Waals surface area contributed by atoms with Crippen molar-refractivity contribution in [1.29, 1.82) is 0 Å². The lowest BCUT2D eigenvalue weighted by Crippen LogP contribution is -2.60. The van der Waals surface area contributed by atoms with Gasteiger partial charge in [0.25, 0.3) is 0 Å². The van der Waals surface area contributed by atoms with Gasteiger partial charge in [0.2, 0.25) is 11.8 Å². The van der Waals surface area contributed by atoms with Crippen LogP contribution in [0.3, 0.4) is 0 Å². The van der Waals surface area contributed by atoms with E-state index in [0.29, 0.717) is 39.1 Å². The highest BCUT2D eigenvalue weighted by Crippen LogP contribution is 2.27. The van der Waals surface area contributed by atoms with Crippen molar-refractivity contribution in [2.45, 2.75) is 31.1 Å². The molecule has 114 valence electrons. The van der Waals surface area contributed by atoms with Gasteiger partial charge < -0.3 is 20.1 Å². The summed E-state index contributed by atoms with van der Waals surface area (Å²) < 4.78 is 10.6. The first-order valence-corrected chi connectivity index (χ1v) is 6.94. The number of nitrogens with zero attached hydrogens (tertiary/aromatic N) is 2. The van der Waals surface area contributed by atoms with Crippen molar-refractivity contribution in [3.05, 3.63) is 0 Å². The zero-order valence-electron chi connectivity index (χ0n) is 12.1. The van der Waals surface area contributed by atoms with E-state index in [1.165, 1.54) is 0 Å². The number of carbonyl (C=O) groups is 2. The number of likely N-dealkylation sites (N-methyl/N-ethyl adjacent to an activating group) is 1. The molecule has 2 fully saturated rings. The Morgan fingerprint density at radius 3 is 2.25 bits per heavy atom. The van der Waals surface area contributed by atoms with E-state index in [1.54, 1.807) is 4.90 Å². The molecule has 2 aliphatic rings. The standard InChI is InChI=1S/C13H23N3O4/c1-15(2)13(12(14)18)3-5-16(6-4-13)10(17)9-11-19-7-8-20-11/h11H,3-9H2,1-2H3,(H2,14,18). The highest BCUT2D eigenvalue weighted by atomic mass is 16.7. The van der Waals surface area contributed by atoms with Crippen LogP contribution in [0.4, 0.5) is 0 Å². The third kappa shape index (κ3) is 2.94. The molecule has 2 rings (SSSR count). The third-order valence-electron chi connectivity index (χ3n) is 4.29. The Labute approximate surface area is 119 Å². The lowest BCUT2D eigenvalue weighted by Gasteiger charge is -2.43. The fourth-order valence-corrected chi connectivity index (χ4v) is 2.84. The summed E-state index contributed by atoms with van der Waals surface area (Å²) in [6.45, 7) is 2.16. The molecule has 2 heterocycles. The number of nitrogens with two attached hydrogens (primary N) is 1. The molecule has 0 unspecified atom stereocenters. The molecule has 2 saturated heterocycles. The van der Waals surface area contributed by atoms with Crippen molar-refractivity contribution in [3.63, 3.8) is 0 Å². The van der Waals surface area contributed by atoms with Gasteiger partial charge in [-0.3, -0.25) is 14.5 Å². The summed E-state index contributed by atoms with van der Waals surface area (Å²) in [6, 6.07) is 0. The molecular formula is C13H23N3O4. The van der Waals surface area contributed by atoms with Crippen LogP contribution in [0.25, 0.3) is 0 Å². The molecule has 0 saturated carbocycles. The second-order valence-corrected chi connectivity index (χ2v) is 5.55. The van der Waals surface area contributed by atoms with E-state index in [-0.39, 0.29) is 18.2 Å². The molecule has 2 amide bonds. The maximum Gasteiger partial charge on any atom is 0.238 e. The van der Waals surface area contributed by atoms with Gasteiger partial charge in [0, 0.05) is 13.1 Å². The molecule has 0 aliphatic carbocycles. The first-order chi connectivity index (χ1) is 9.45. The number of amides is 2. The summed E-state index contributed by atoms with van der Waals surface area (Å²) in [6.07, 6.45) is 0.950. The zero-order chi connectivity index (χ0) is 14.8. The molecule has 0 aromatic carbocycles. The van der Waals surface area contributed by atoms with Crippen molar-refractivity contribution < 1.29 is 19.1 Å². The van der Waals surface area contributed by atoms with Gasteiger partial charge in [-0.2, -0.15) is 0 Å². The van der Waals surface area contributed by atoms with E-state index in [4.69, 9.17) is 15.2 Å². The molecule has 2 aliphatic heterocycles. The molecule has 7 heteroatoms. The quantitative estimate of drug-likeness (QED) is 0.728. The van der Waals surface area contributed by atoms with Crippen LogP contribution in [0.2, 0.25) is 0 Å². The van der Waals surface area contributed by atoms with E-state index in [1.807, 2.05) is 19.0 Å². The normalized spacial score (nSPS) is 23.2. The van der Waals surface area contributed by atoms with Gasteiger partial charge >= 0.3 is 0 Å². The number of carbonyl (C=O) groups excluding carboxylic acids is 2. The Morgan fingerprint density at radius 2 is 1.80 bits per heavy atom. The predicted octanol–water partition coefficient (Wildman–Crippen LogP) is -0.842. The van der Waals surface area contributed by atoms with Gasteiger partial charge in [0.05, 0.1) is 19.6 Å². The molecule has 20 heavy (non-hydrogen) atoms. The van der Waals surface area contributed by atoms with Crippen molar-refractivity contribution in [3.8, 4) is 0 Å². The smallest absolute Gasteiger partial charge is 0.238 e. The van der Waals surface area contributed by atoms with Crippen LogP contribution in [0.5, 0.6) is 0 Å². The maximum atomic E-state index is 12.1. The molecule has 0 radical (unpaired) electrons. The van der Waals surface area contributed by atoms with Crippen molar-refractivity contribution in [2.75, 3.05) is 40.4 Å². The lowest BCUT2D eigenvalue weighted by molar-refractivity contribution is -0.145. The number of piperidine rings is 1. The molecule has 0 atom stereocenters. The van der Waals surface area contributed by atoms with Crippen LogP contribution in [-0.4, -0.2) is 73.8 Å². The van der Waals surface area contributed by atoms with E-state index >= 15 is 0 Å². The number of ether oxygens (including phenoxy) is 2. The molecule has 2 N–H and O–H groups in total. The minimum Gasteiger partial charge on any atom is -0.368 e. The predicted molar refractivity (Wildman–Crippen MR) is 71.7 cm³/mol. The van der Waals surface area contributed by atoms with Crippen LogP contribution in [0.1, 0.15) is 19.3 Å². The number of likely N-dealkylation sites (tertiary alicyclic amines) is 1. The Bertz CT molecular complexity index is 372. The highest BCUT2D eigenvalue weighted by Gasteiger charge is 2.42. The van der Waals surface area contributed by atoms with Crippen LogP contribution < -0.4 is 5.73 Å². The van der Waals surface area contributed by atoms with E-state index in [9.17, 15) is 9.59 Å². The second kappa shape index (κ2) is 6.07. The summed E-state index contributed by atoms with van der Waals surface area (Å²) in [7, 11) is 3.70. The fraction of sp³-hybridized carbons (Fsp3) is 0.846.